The smallest absolute Gasteiger partial charge is 0.0834 e. The molecule has 1 N–H and O–H groups in total. The summed E-state index contributed by atoms with van der Waals surface area (Å²) in [5, 5.41) is 3.75. The highest BCUT2D eigenvalue weighted by Gasteiger charge is 2.55. The van der Waals surface area contributed by atoms with Gasteiger partial charge in [0.1, 0.15) is 0 Å². The summed E-state index contributed by atoms with van der Waals surface area (Å²) in [4.78, 5) is 0. The fraction of sp³-hybridized carbons (Fsp3) is 1.00. The molecule has 0 spiro atoms. The topological polar surface area (TPSA) is 30.5 Å². The number of rotatable bonds is 5. The summed E-state index contributed by atoms with van der Waals surface area (Å²) < 4.78 is 12.4. The van der Waals surface area contributed by atoms with Gasteiger partial charge in [-0.1, -0.05) is 19.8 Å². The monoisotopic (exact) mass is 283 g/mol. The Morgan fingerprint density at radius 2 is 1.80 bits per heavy atom. The fourth-order valence-corrected chi connectivity index (χ4v) is 4.65. The lowest BCUT2D eigenvalue weighted by Gasteiger charge is -2.44. The van der Waals surface area contributed by atoms with Crippen LogP contribution in [0.2, 0.25) is 0 Å². The molecule has 0 radical (unpaired) electrons. The minimum absolute atomic E-state index is 0.00171. The molecular weight excluding hydrogens is 250 g/mol. The number of hydrogen-bond donors (Lipinski definition) is 1. The zero-order chi connectivity index (χ0) is 15.0. The average Bonchev–Trinajstić information content (AvgIpc) is 2.89. The Kier molecular flexibility index (Phi) is 4.54. The van der Waals surface area contributed by atoms with Gasteiger partial charge in [-0.05, 0) is 53.5 Å². The second-order valence-corrected chi connectivity index (χ2v) is 7.79. The van der Waals surface area contributed by atoms with E-state index in [1.807, 2.05) is 7.11 Å². The van der Waals surface area contributed by atoms with Gasteiger partial charge in [0, 0.05) is 19.1 Å². The van der Waals surface area contributed by atoms with Crippen LogP contribution in [0, 0.1) is 5.92 Å². The van der Waals surface area contributed by atoms with Crippen molar-refractivity contribution < 1.29 is 9.47 Å². The van der Waals surface area contributed by atoms with Crippen LogP contribution in [0.5, 0.6) is 0 Å². The molecule has 20 heavy (non-hydrogen) atoms. The van der Waals surface area contributed by atoms with E-state index in [2.05, 4.69) is 39.9 Å². The molecule has 0 aromatic heterocycles. The third-order valence-corrected chi connectivity index (χ3v) is 5.39. The molecule has 1 aliphatic carbocycles. The maximum atomic E-state index is 6.33. The molecular formula is C17H33NO2. The van der Waals surface area contributed by atoms with E-state index in [1.54, 1.807) is 0 Å². The largest absolute Gasteiger partial charge is 0.377 e. The van der Waals surface area contributed by atoms with E-state index in [4.69, 9.17) is 9.47 Å². The van der Waals surface area contributed by atoms with E-state index in [0.29, 0.717) is 12.0 Å². The average molecular weight is 283 g/mol. The molecule has 0 amide bonds. The summed E-state index contributed by atoms with van der Waals surface area (Å²) in [6.07, 6.45) is 6.02. The van der Waals surface area contributed by atoms with Gasteiger partial charge in [0.2, 0.25) is 0 Å². The Hall–Kier alpha value is -0.120. The summed E-state index contributed by atoms with van der Waals surface area (Å²) in [5.41, 5.74) is -0.123. The van der Waals surface area contributed by atoms with Crippen LogP contribution >= 0.6 is 0 Å². The Morgan fingerprint density at radius 1 is 1.20 bits per heavy atom. The molecule has 2 aliphatic rings. The van der Waals surface area contributed by atoms with Crippen molar-refractivity contribution in [3.05, 3.63) is 0 Å². The van der Waals surface area contributed by atoms with Gasteiger partial charge in [0.25, 0.3) is 0 Å². The van der Waals surface area contributed by atoms with E-state index in [1.165, 1.54) is 25.7 Å². The van der Waals surface area contributed by atoms with E-state index in [9.17, 15) is 0 Å². The van der Waals surface area contributed by atoms with Gasteiger partial charge < -0.3 is 14.8 Å². The highest BCUT2D eigenvalue weighted by Crippen LogP contribution is 2.49. The third kappa shape index (κ3) is 2.90. The minimum atomic E-state index is -0.0928. The van der Waals surface area contributed by atoms with Crippen molar-refractivity contribution in [2.75, 3.05) is 13.7 Å². The van der Waals surface area contributed by atoms with Gasteiger partial charge in [-0.15, -0.1) is 0 Å². The first kappa shape index (κ1) is 16.3. The lowest BCUT2D eigenvalue weighted by molar-refractivity contribution is -0.102. The Morgan fingerprint density at radius 3 is 2.20 bits per heavy atom. The quantitative estimate of drug-likeness (QED) is 0.837. The molecule has 2 rings (SSSR count). The van der Waals surface area contributed by atoms with Gasteiger partial charge in [0.05, 0.1) is 16.8 Å². The number of hydrogen-bond acceptors (Lipinski definition) is 3. The second kappa shape index (κ2) is 5.58. The molecule has 1 saturated heterocycles. The molecule has 0 aromatic carbocycles. The Balaban J connectivity index is 2.28. The molecule has 2 fully saturated rings. The van der Waals surface area contributed by atoms with Crippen LogP contribution in [-0.2, 0) is 9.47 Å². The summed E-state index contributed by atoms with van der Waals surface area (Å²) in [5.74, 6) is 0.496. The summed E-state index contributed by atoms with van der Waals surface area (Å²) in [6.45, 7) is 12.1. The van der Waals surface area contributed by atoms with Crippen molar-refractivity contribution in [2.24, 2.45) is 5.92 Å². The zero-order valence-electron chi connectivity index (χ0n) is 14.2. The van der Waals surface area contributed by atoms with Gasteiger partial charge in [-0.25, -0.2) is 0 Å². The van der Waals surface area contributed by atoms with Gasteiger partial charge in [0.15, 0.2) is 0 Å². The van der Waals surface area contributed by atoms with Crippen molar-refractivity contribution in [2.45, 2.75) is 89.6 Å². The normalized spacial score (nSPS) is 32.4. The predicted molar refractivity (Wildman–Crippen MR) is 83.0 cm³/mol. The fourth-order valence-electron chi connectivity index (χ4n) is 4.65. The Labute approximate surface area is 124 Å². The lowest BCUT2D eigenvalue weighted by Crippen LogP contribution is -2.58. The van der Waals surface area contributed by atoms with Crippen LogP contribution in [0.15, 0.2) is 0 Å². The molecule has 1 heterocycles. The predicted octanol–water partition coefficient (Wildman–Crippen LogP) is 3.52. The first-order valence-electron chi connectivity index (χ1n) is 8.25. The maximum absolute atomic E-state index is 6.33. The van der Waals surface area contributed by atoms with E-state index in [0.717, 1.165) is 13.0 Å². The number of ether oxygens (including phenoxy) is 2. The maximum Gasteiger partial charge on any atom is 0.0834 e. The standard InChI is InChI=1S/C17H33NO2/c1-7-18-14(17(19-6)10-8-9-11-17)13-12-15(2,3)20-16(13,4)5/h13-14,18H,7-12H2,1-6H3. The van der Waals surface area contributed by atoms with E-state index >= 15 is 0 Å². The first-order valence-corrected chi connectivity index (χ1v) is 8.25. The van der Waals surface area contributed by atoms with E-state index < -0.39 is 0 Å². The van der Waals surface area contributed by atoms with Gasteiger partial charge in [-0.2, -0.15) is 0 Å². The van der Waals surface area contributed by atoms with Gasteiger partial charge in [-0.3, -0.25) is 0 Å². The number of methoxy groups -OCH3 is 1. The van der Waals surface area contributed by atoms with Crippen LogP contribution in [0.4, 0.5) is 0 Å². The van der Waals surface area contributed by atoms with Crippen LogP contribution < -0.4 is 5.32 Å². The highest BCUT2D eigenvalue weighted by molar-refractivity contribution is 5.08. The lowest BCUT2D eigenvalue weighted by atomic mass is 9.73. The summed E-state index contributed by atoms with van der Waals surface area (Å²) in [7, 11) is 1.89. The molecule has 0 aromatic rings. The molecule has 2 unspecified atom stereocenters. The summed E-state index contributed by atoms with van der Waals surface area (Å²) in [6, 6.07) is 0.386. The van der Waals surface area contributed by atoms with Crippen molar-refractivity contribution in [1.82, 2.24) is 5.32 Å². The van der Waals surface area contributed by atoms with Crippen LogP contribution in [0.1, 0.15) is 66.7 Å². The second-order valence-electron chi connectivity index (χ2n) is 7.79. The Bertz CT molecular complexity index is 332. The van der Waals surface area contributed by atoms with Crippen LogP contribution in [-0.4, -0.2) is 36.5 Å². The molecule has 3 nitrogen and oxygen atoms in total. The molecule has 1 saturated carbocycles. The number of likely N-dealkylation sites (N-methyl/N-ethyl adjacent to an activating group) is 1. The van der Waals surface area contributed by atoms with Crippen molar-refractivity contribution >= 4 is 0 Å². The molecule has 1 aliphatic heterocycles. The first-order chi connectivity index (χ1) is 9.26. The molecule has 3 heteroatoms. The summed E-state index contributed by atoms with van der Waals surface area (Å²) >= 11 is 0. The zero-order valence-corrected chi connectivity index (χ0v) is 14.2. The molecule has 0 bridgehead atoms. The third-order valence-electron chi connectivity index (χ3n) is 5.39. The van der Waals surface area contributed by atoms with Crippen LogP contribution in [0.25, 0.3) is 0 Å². The van der Waals surface area contributed by atoms with Crippen molar-refractivity contribution in [3.63, 3.8) is 0 Å². The SMILES string of the molecule is CCNC(C1CC(C)(C)OC1(C)C)C1(OC)CCCC1. The highest BCUT2D eigenvalue weighted by atomic mass is 16.5. The molecule has 118 valence electrons. The van der Waals surface area contributed by atoms with Crippen molar-refractivity contribution in [3.8, 4) is 0 Å². The van der Waals surface area contributed by atoms with Gasteiger partial charge >= 0.3 is 0 Å². The number of nitrogens with one attached hydrogen (secondary N) is 1. The minimum Gasteiger partial charge on any atom is -0.377 e. The van der Waals surface area contributed by atoms with Crippen LogP contribution in [0.3, 0.4) is 0 Å². The van der Waals surface area contributed by atoms with E-state index in [-0.39, 0.29) is 16.8 Å². The van der Waals surface area contributed by atoms with Crippen molar-refractivity contribution in [1.29, 1.82) is 0 Å². The molecule has 2 atom stereocenters.